The Hall–Kier alpha value is -2.24. The molecule has 23 heavy (non-hydrogen) atoms. The summed E-state index contributed by atoms with van der Waals surface area (Å²) in [6, 6.07) is 7.53. The summed E-state index contributed by atoms with van der Waals surface area (Å²) in [5.41, 5.74) is 1.87. The molecule has 1 saturated heterocycles. The van der Waals surface area contributed by atoms with Gasteiger partial charge < -0.3 is 20.6 Å². The topological polar surface area (TPSA) is 81.7 Å². The number of carboxylic acid groups (broad SMARTS) is 1. The van der Waals surface area contributed by atoms with Crippen LogP contribution in [0.5, 0.6) is 0 Å². The van der Waals surface area contributed by atoms with Crippen molar-refractivity contribution in [1.29, 1.82) is 0 Å². The molecule has 0 aromatic heterocycles. The van der Waals surface area contributed by atoms with Crippen molar-refractivity contribution in [2.45, 2.75) is 32.6 Å². The maximum Gasteiger partial charge on any atom is 0.319 e. The van der Waals surface area contributed by atoms with Gasteiger partial charge in [-0.15, -0.1) is 0 Å². The van der Waals surface area contributed by atoms with Crippen LogP contribution >= 0.6 is 0 Å². The lowest BCUT2D eigenvalue weighted by Crippen LogP contribution is -2.33. The van der Waals surface area contributed by atoms with E-state index in [0.29, 0.717) is 13.0 Å². The van der Waals surface area contributed by atoms with Crippen LogP contribution in [0, 0.1) is 5.92 Å². The van der Waals surface area contributed by atoms with Crippen molar-refractivity contribution >= 4 is 23.4 Å². The number of hydrogen-bond donors (Lipinski definition) is 3. The number of anilines is 2. The van der Waals surface area contributed by atoms with Crippen LogP contribution in [0.15, 0.2) is 24.3 Å². The molecular weight excluding hydrogens is 294 g/mol. The summed E-state index contributed by atoms with van der Waals surface area (Å²) < 4.78 is 0. The lowest BCUT2D eigenvalue weighted by Gasteiger charge is -2.32. The first-order chi connectivity index (χ1) is 11.0. The van der Waals surface area contributed by atoms with Crippen molar-refractivity contribution in [1.82, 2.24) is 5.32 Å². The van der Waals surface area contributed by atoms with E-state index in [0.717, 1.165) is 30.4 Å². The zero-order valence-electron chi connectivity index (χ0n) is 13.5. The van der Waals surface area contributed by atoms with E-state index in [1.165, 1.54) is 12.8 Å². The van der Waals surface area contributed by atoms with E-state index in [9.17, 15) is 9.59 Å². The molecule has 1 aliphatic heterocycles. The monoisotopic (exact) mass is 319 g/mol. The van der Waals surface area contributed by atoms with Gasteiger partial charge in [-0.2, -0.15) is 0 Å². The molecule has 2 amide bonds. The molecule has 3 N–H and O–H groups in total. The average Bonchev–Trinajstić information content (AvgIpc) is 2.52. The van der Waals surface area contributed by atoms with Crippen LogP contribution in [-0.2, 0) is 4.79 Å². The number of amides is 2. The Morgan fingerprint density at radius 3 is 2.74 bits per heavy atom. The third kappa shape index (κ3) is 5.81. The first kappa shape index (κ1) is 17.1. The van der Waals surface area contributed by atoms with Crippen molar-refractivity contribution in [3.05, 3.63) is 24.3 Å². The van der Waals surface area contributed by atoms with Gasteiger partial charge in [-0.3, -0.25) is 4.79 Å². The van der Waals surface area contributed by atoms with Gasteiger partial charge in [0.15, 0.2) is 0 Å². The summed E-state index contributed by atoms with van der Waals surface area (Å²) in [4.78, 5) is 24.6. The summed E-state index contributed by atoms with van der Waals surface area (Å²) in [6.45, 7) is 4.73. The second-order valence-electron chi connectivity index (χ2n) is 6.10. The zero-order chi connectivity index (χ0) is 16.7. The lowest BCUT2D eigenvalue weighted by molar-refractivity contribution is -0.137. The van der Waals surface area contributed by atoms with Crippen LogP contribution in [0.4, 0.5) is 16.2 Å². The Kier molecular flexibility index (Phi) is 6.26. The van der Waals surface area contributed by atoms with Crippen molar-refractivity contribution in [3.63, 3.8) is 0 Å². The first-order valence-corrected chi connectivity index (χ1v) is 8.16. The van der Waals surface area contributed by atoms with E-state index in [1.54, 1.807) is 0 Å². The summed E-state index contributed by atoms with van der Waals surface area (Å²) in [5.74, 6) is -0.0695. The number of hydrogen-bond acceptors (Lipinski definition) is 3. The van der Waals surface area contributed by atoms with Crippen LogP contribution in [-0.4, -0.2) is 36.7 Å². The fraction of sp³-hybridized carbons (Fsp3) is 0.529. The molecule has 6 heteroatoms. The second-order valence-corrected chi connectivity index (χ2v) is 6.10. The number of nitrogens with one attached hydrogen (secondary N) is 2. The van der Waals surface area contributed by atoms with Crippen molar-refractivity contribution in [2.24, 2.45) is 5.92 Å². The van der Waals surface area contributed by atoms with Crippen LogP contribution < -0.4 is 15.5 Å². The Morgan fingerprint density at radius 1 is 1.30 bits per heavy atom. The van der Waals surface area contributed by atoms with Gasteiger partial charge in [0.1, 0.15) is 0 Å². The number of carbonyl (C=O) groups excluding carboxylic acids is 1. The van der Waals surface area contributed by atoms with Gasteiger partial charge in [0.25, 0.3) is 0 Å². The number of aliphatic carboxylic acids is 1. The number of benzene rings is 1. The molecule has 1 aromatic carbocycles. The maximum absolute atomic E-state index is 11.8. The van der Waals surface area contributed by atoms with Crippen molar-refractivity contribution in [2.75, 3.05) is 29.9 Å². The molecule has 1 heterocycles. The highest BCUT2D eigenvalue weighted by Gasteiger charge is 2.16. The summed E-state index contributed by atoms with van der Waals surface area (Å²) >= 11 is 0. The lowest BCUT2D eigenvalue weighted by atomic mass is 9.99. The van der Waals surface area contributed by atoms with E-state index >= 15 is 0 Å². The molecule has 0 spiro atoms. The van der Waals surface area contributed by atoms with Gasteiger partial charge in [-0.05, 0) is 43.4 Å². The maximum atomic E-state index is 11.8. The Bertz CT molecular complexity index is 540. The molecule has 0 radical (unpaired) electrons. The Morgan fingerprint density at radius 2 is 2.04 bits per heavy atom. The smallest absolute Gasteiger partial charge is 0.319 e. The fourth-order valence-corrected chi connectivity index (χ4v) is 2.66. The number of carboxylic acids is 1. The van der Waals surface area contributed by atoms with Crippen molar-refractivity contribution in [3.8, 4) is 0 Å². The van der Waals surface area contributed by atoms with Gasteiger partial charge in [0.2, 0.25) is 0 Å². The first-order valence-electron chi connectivity index (χ1n) is 8.16. The van der Waals surface area contributed by atoms with E-state index in [-0.39, 0.29) is 12.5 Å². The van der Waals surface area contributed by atoms with Crippen LogP contribution in [0.2, 0.25) is 0 Å². The van der Waals surface area contributed by atoms with Gasteiger partial charge in [0, 0.05) is 37.4 Å². The number of rotatable bonds is 6. The highest BCUT2D eigenvalue weighted by atomic mass is 16.4. The standard InChI is InChI=1S/C17H25N3O3/c1-13-7-10-20(11-8-13)15-5-2-4-14(12-15)19-17(23)18-9-3-6-16(21)22/h2,4-5,12-13H,3,6-11H2,1H3,(H,21,22)(H2,18,19,23). The molecule has 6 nitrogen and oxygen atoms in total. The minimum Gasteiger partial charge on any atom is -0.481 e. The second kappa shape index (κ2) is 8.41. The molecule has 0 atom stereocenters. The van der Waals surface area contributed by atoms with Gasteiger partial charge in [-0.25, -0.2) is 4.79 Å². The molecule has 2 rings (SSSR count). The summed E-state index contributed by atoms with van der Waals surface area (Å²) in [6.07, 6.45) is 2.88. The normalized spacial score (nSPS) is 15.3. The van der Waals surface area contributed by atoms with Crippen LogP contribution in [0.1, 0.15) is 32.6 Å². The molecule has 0 aliphatic carbocycles. The molecule has 1 aromatic rings. The molecule has 126 valence electrons. The third-order valence-electron chi connectivity index (χ3n) is 4.11. The van der Waals surface area contributed by atoms with E-state index in [2.05, 4.69) is 28.5 Å². The highest BCUT2D eigenvalue weighted by molar-refractivity contribution is 5.89. The number of urea groups is 1. The SMILES string of the molecule is CC1CCN(c2cccc(NC(=O)NCCCC(=O)O)c2)CC1. The van der Waals surface area contributed by atoms with E-state index in [1.807, 2.05) is 18.2 Å². The van der Waals surface area contributed by atoms with Crippen molar-refractivity contribution < 1.29 is 14.7 Å². The quantitative estimate of drug-likeness (QED) is 0.704. The molecule has 0 saturated carbocycles. The Labute approximate surface area is 136 Å². The number of nitrogens with zero attached hydrogens (tertiary/aromatic N) is 1. The predicted octanol–water partition coefficient (Wildman–Crippen LogP) is 2.91. The van der Waals surface area contributed by atoms with Crippen LogP contribution in [0.25, 0.3) is 0 Å². The predicted molar refractivity (Wildman–Crippen MR) is 90.9 cm³/mol. The molecule has 0 unspecified atom stereocenters. The average molecular weight is 319 g/mol. The highest BCUT2D eigenvalue weighted by Crippen LogP contribution is 2.25. The molecule has 1 fully saturated rings. The van der Waals surface area contributed by atoms with Crippen LogP contribution in [0.3, 0.4) is 0 Å². The summed E-state index contributed by atoms with van der Waals surface area (Å²) in [7, 11) is 0. The minimum atomic E-state index is -0.851. The van der Waals surface area contributed by atoms with E-state index in [4.69, 9.17) is 5.11 Å². The Balaban J connectivity index is 1.82. The molecule has 1 aliphatic rings. The molecule has 0 bridgehead atoms. The summed E-state index contributed by atoms with van der Waals surface area (Å²) in [5, 5.41) is 14.0. The van der Waals surface area contributed by atoms with Gasteiger partial charge in [-0.1, -0.05) is 13.0 Å². The number of piperidine rings is 1. The number of carbonyl (C=O) groups is 2. The molecular formula is C17H25N3O3. The third-order valence-corrected chi connectivity index (χ3v) is 4.11. The fourth-order valence-electron chi connectivity index (χ4n) is 2.66. The van der Waals surface area contributed by atoms with E-state index < -0.39 is 5.97 Å². The minimum absolute atomic E-state index is 0.0587. The van der Waals surface area contributed by atoms with Gasteiger partial charge >= 0.3 is 12.0 Å². The van der Waals surface area contributed by atoms with Gasteiger partial charge in [0.05, 0.1) is 0 Å². The zero-order valence-corrected chi connectivity index (χ0v) is 13.5. The largest absolute Gasteiger partial charge is 0.481 e.